The first-order valence-electron chi connectivity index (χ1n) is 12.5. The summed E-state index contributed by atoms with van der Waals surface area (Å²) in [6, 6.07) is 7.20. The molecule has 0 saturated heterocycles. The summed E-state index contributed by atoms with van der Waals surface area (Å²) >= 11 is 0. The van der Waals surface area contributed by atoms with E-state index in [1.165, 1.54) is 6.07 Å². The number of nitrogens with zero attached hydrogens (tertiary/aromatic N) is 1. The molecular formula is C27H32F3N5O3. The normalized spacial score (nSPS) is 18.2. The highest BCUT2D eigenvalue weighted by molar-refractivity contribution is 5.96. The van der Waals surface area contributed by atoms with Crippen LogP contribution in [-0.4, -0.2) is 47.0 Å². The maximum Gasteiger partial charge on any atom is 0.416 e. The van der Waals surface area contributed by atoms with Gasteiger partial charge in [-0.3, -0.25) is 19.4 Å². The molecule has 3 amide bonds. The summed E-state index contributed by atoms with van der Waals surface area (Å²) in [5.74, 6) is -1.43. The van der Waals surface area contributed by atoms with E-state index in [2.05, 4.69) is 20.9 Å². The molecular weight excluding hydrogens is 499 g/mol. The highest BCUT2D eigenvalue weighted by atomic mass is 19.4. The number of rotatable bonds is 9. The Bertz CT molecular complexity index is 1180. The lowest BCUT2D eigenvalue weighted by Crippen LogP contribution is -2.42. The van der Waals surface area contributed by atoms with Gasteiger partial charge in [0.1, 0.15) is 5.69 Å². The van der Waals surface area contributed by atoms with Gasteiger partial charge in [0.2, 0.25) is 5.91 Å². The van der Waals surface area contributed by atoms with Crippen molar-refractivity contribution in [2.45, 2.75) is 64.2 Å². The molecule has 0 aliphatic heterocycles. The van der Waals surface area contributed by atoms with Crippen LogP contribution < -0.4 is 16.0 Å². The number of aryl methyl sites for hydroxylation is 1. The Labute approximate surface area is 219 Å². The molecule has 2 aromatic rings. The average molecular weight is 532 g/mol. The van der Waals surface area contributed by atoms with Crippen LogP contribution in [0.1, 0.15) is 71.0 Å². The van der Waals surface area contributed by atoms with Crippen LogP contribution in [0.25, 0.3) is 0 Å². The predicted molar refractivity (Wildman–Crippen MR) is 136 cm³/mol. The van der Waals surface area contributed by atoms with Gasteiger partial charge < -0.3 is 21.4 Å². The summed E-state index contributed by atoms with van der Waals surface area (Å²) in [6.45, 7) is 3.25. The fraction of sp³-hybridized carbons (Fsp3) is 0.444. The van der Waals surface area contributed by atoms with Crippen LogP contribution in [0, 0.1) is 18.3 Å². The van der Waals surface area contributed by atoms with E-state index in [1.807, 2.05) is 13.0 Å². The number of hydrogen-bond donors (Lipinski definition) is 4. The van der Waals surface area contributed by atoms with Gasteiger partial charge in [0.25, 0.3) is 11.8 Å². The summed E-state index contributed by atoms with van der Waals surface area (Å²) < 4.78 is 38.5. The Kier molecular flexibility index (Phi) is 9.60. The number of nitrogens with one attached hydrogen (secondary N) is 4. The van der Waals surface area contributed by atoms with Gasteiger partial charge in [-0.25, -0.2) is 0 Å². The number of benzene rings is 1. The molecule has 1 heterocycles. The van der Waals surface area contributed by atoms with Gasteiger partial charge in [0.15, 0.2) is 0 Å². The van der Waals surface area contributed by atoms with Crippen LogP contribution in [0.5, 0.6) is 0 Å². The van der Waals surface area contributed by atoms with Gasteiger partial charge in [-0.1, -0.05) is 6.07 Å². The number of carbonyl (C=O) groups is 3. The molecule has 3 rings (SSSR count). The number of amides is 3. The van der Waals surface area contributed by atoms with E-state index < -0.39 is 30.1 Å². The van der Waals surface area contributed by atoms with Gasteiger partial charge in [-0.15, -0.1) is 0 Å². The van der Waals surface area contributed by atoms with Crippen LogP contribution >= 0.6 is 0 Å². The zero-order chi connectivity index (χ0) is 27.9. The van der Waals surface area contributed by atoms with Gasteiger partial charge in [0.05, 0.1) is 12.1 Å². The SMILES string of the molecule is Cc1ccnc(C(=O)NC2CCC(C(=N)C[C@@H](C)NC(=O)CNC(=O)c3cccc(C(F)(F)F)c3)CC2)c1. The Morgan fingerprint density at radius 1 is 1.08 bits per heavy atom. The molecule has 1 atom stereocenters. The third-order valence-electron chi connectivity index (χ3n) is 6.50. The average Bonchev–Trinajstić information content (AvgIpc) is 2.87. The maximum absolute atomic E-state index is 12.8. The quantitative estimate of drug-likeness (QED) is 0.365. The van der Waals surface area contributed by atoms with Crippen molar-refractivity contribution < 1.29 is 27.6 Å². The molecule has 0 bridgehead atoms. The van der Waals surface area contributed by atoms with Gasteiger partial charge in [-0.2, -0.15) is 13.2 Å². The lowest BCUT2D eigenvalue weighted by atomic mass is 9.81. The number of alkyl halides is 3. The van der Waals surface area contributed by atoms with E-state index >= 15 is 0 Å². The monoisotopic (exact) mass is 531 g/mol. The van der Waals surface area contributed by atoms with Crippen LogP contribution in [0.4, 0.5) is 13.2 Å². The van der Waals surface area contributed by atoms with Crippen LogP contribution in [0.2, 0.25) is 0 Å². The second-order valence-corrected chi connectivity index (χ2v) is 9.70. The van der Waals surface area contributed by atoms with E-state index in [0.29, 0.717) is 17.8 Å². The first-order valence-corrected chi connectivity index (χ1v) is 12.5. The lowest BCUT2D eigenvalue weighted by Gasteiger charge is -2.30. The molecule has 0 spiro atoms. The van der Waals surface area contributed by atoms with Crippen molar-refractivity contribution in [3.05, 3.63) is 65.0 Å². The maximum atomic E-state index is 12.8. The summed E-state index contributed by atoms with van der Waals surface area (Å²) in [7, 11) is 0. The van der Waals surface area contributed by atoms with Crippen LogP contribution in [-0.2, 0) is 11.0 Å². The summed E-state index contributed by atoms with van der Waals surface area (Å²) in [5, 5.41) is 16.5. The minimum atomic E-state index is -4.57. The second-order valence-electron chi connectivity index (χ2n) is 9.70. The molecule has 1 aliphatic rings. The summed E-state index contributed by atoms with van der Waals surface area (Å²) in [6.07, 6.45) is 0.353. The zero-order valence-corrected chi connectivity index (χ0v) is 21.3. The van der Waals surface area contributed by atoms with Crippen molar-refractivity contribution in [3.63, 3.8) is 0 Å². The molecule has 8 nitrogen and oxygen atoms in total. The highest BCUT2D eigenvalue weighted by Crippen LogP contribution is 2.29. The van der Waals surface area contributed by atoms with E-state index in [0.717, 1.165) is 49.4 Å². The van der Waals surface area contributed by atoms with Crippen molar-refractivity contribution in [1.29, 1.82) is 5.41 Å². The number of hydrogen-bond acceptors (Lipinski definition) is 5. The van der Waals surface area contributed by atoms with Gasteiger partial charge in [-0.05, 0) is 81.3 Å². The van der Waals surface area contributed by atoms with E-state index in [4.69, 9.17) is 5.41 Å². The van der Waals surface area contributed by atoms with Crippen LogP contribution in [0.15, 0.2) is 42.6 Å². The van der Waals surface area contributed by atoms with Crippen molar-refractivity contribution in [2.75, 3.05) is 6.54 Å². The summed E-state index contributed by atoms with van der Waals surface area (Å²) in [5.41, 5.74) is 0.721. The zero-order valence-electron chi connectivity index (χ0n) is 21.3. The third kappa shape index (κ3) is 8.39. The molecule has 1 aromatic carbocycles. The first kappa shape index (κ1) is 28.8. The Morgan fingerprint density at radius 2 is 1.79 bits per heavy atom. The number of pyridine rings is 1. The number of halogens is 3. The Hall–Kier alpha value is -3.76. The van der Waals surface area contributed by atoms with Crippen molar-refractivity contribution in [2.24, 2.45) is 5.92 Å². The number of carbonyl (C=O) groups excluding carboxylic acids is 3. The molecule has 204 valence electrons. The van der Waals surface area contributed by atoms with Crippen molar-refractivity contribution >= 4 is 23.4 Å². The number of aromatic nitrogens is 1. The topological polar surface area (TPSA) is 124 Å². The third-order valence-corrected chi connectivity index (χ3v) is 6.50. The predicted octanol–water partition coefficient (Wildman–Crippen LogP) is 4.04. The van der Waals surface area contributed by atoms with Crippen molar-refractivity contribution in [3.8, 4) is 0 Å². The molecule has 1 aliphatic carbocycles. The van der Waals surface area contributed by atoms with E-state index in [9.17, 15) is 27.6 Å². The molecule has 11 heteroatoms. The summed E-state index contributed by atoms with van der Waals surface area (Å²) in [4.78, 5) is 40.9. The molecule has 1 saturated carbocycles. The van der Waals surface area contributed by atoms with Crippen LogP contribution in [0.3, 0.4) is 0 Å². The minimum absolute atomic E-state index is 0.0198. The first-order chi connectivity index (χ1) is 17.9. The molecule has 0 unspecified atom stereocenters. The highest BCUT2D eigenvalue weighted by Gasteiger charge is 2.31. The Balaban J connectivity index is 1.38. The fourth-order valence-electron chi connectivity index (χ4n) is 4.48. The Morgan fingerprint density at radius 3 is 2.45 bits per heavy atom. The lowest BCUT2D eigenvalue weighted by molar-refractivity contribution is -0.137. The van der Waals surface area contributed by atoms with Gasteiger partial charge >= 0.3 is 6.18 Å². The largest absolute Gasteiger partial charge is 0.416 e. The smallest absolute Gasteiger partial charge is 0.352 e. The standard InChI is InChI=1S/C27H32F3N5O3/c1-16-10-11-32-23(12-16)26(38)35-21-8-6-18(7-9-21)22(31)13-17(2)34-24(36)15-33-25(37)19-4-3-5-20(14-19)27(28,29)30/h3-5,10-12,14,17-18,21,31H,6-9,13,15H2,1-2H3,(H,33,37)(H,34,36)(H,35,38)/t17-,18?,21?/m1/s1. The fourth-order valence-corrected chi connectivity index (χ4v) is 4.48. The van der Waals surface area contributed by atoms with E-state index in [-0.39, 0.29) is 29.5 Å². The van der Waals surface area contributed by atoms with Crippen molar-refractivity contribution in [1.82, 2.24) is 20.9 Å². The van der Waals surface area contributed by atoms with Gasteiger partial charge in [0, 0.05) is 36.0 Å². The molecule has 1 fully saturated rings. The molecule has 4 N–H and O–H groups in total. The molecule has 38 heavy (non-hydrogen) atoms. The molecule has 0 radical (unpaired) electrons. The minimum Gasteiger partial charge on any atom is -0.352 e. The van der Waals surface area contributed by atoms with E-state index in [1.54, 1.807) is 19.2 Å². The second kappa shape index (κ2) is 12.7. The molecule has 1 aromatic heterocycles.